The fraction of sp³-hybridized carbons (Fsp3) is 0.435. The summed E-state index contributed by atoms with van der Waals surface area (Å²) in [6.07, 6.45) is 4.10. The van der Waals surface area contributed by atoms with Crippen molar-refractivity contribution >= 4 is 23.5 Å². The number of nitrogens with one attached hydrogen (secondary N) is 2. The van der Waals surface area contributed by atoms with Gasteiger partial charge < -0.3 is 15.0 Å². The fourth-order valence-corrected chi connectivity index (χ4v) is 4.40. The number of methoxy groups -OCH3 is 1. The van der Waals surface area contributed by atoms with Crippen molar-refractivity contribution in [3.63, 3.8) is 0 Å². The minimum absolute atomic E-state index is 0.0219. The lowest BCUT2D eigenvalue weighted by molar-refractivity contribution is -0.127. The number of imide groups is 1. The van der Waals surface area contributed by atoms with Gasteiger partial charge in [-0.1, -0.05) is 6.07 Å². The predicted molar refractivity (Wildman–Crippen MR) is 117 cm³/mol. The first kappa shape index (κ1) is 21.9. The minimum atomic E-state index is -1.16. The number of ether oxygens (including phenoxy) is 1. The Morgan fingerprint density at radius 2 is 2.09 bits per heavy atom. The summed E-state index contributed by atoms with van der Waals surface area (Å²) in [7, 11) is 1.47. The van der Waals surface area contributed by atoms with Crippen LogP contribution in [0.25, 0.3) is 0 Å². The number of aryl methyl sites for hydroxylation is 2. The number of likely N-dealkylation sites (tertiary alicyclic amines) is 1. The van der Waals surface area contributed by atoms with Crippen molar-refractivity contribution < 1.29 is 19.1 Å². The van der Waals surface area contributed by atoms with E-state index in [2.05, 4.69) is 26.7 Å². The van der Waals surface area contributed by atoms with Crippen LogP contribution in [0.15, 0.2) is 30.6 Å². The number of rotatable bonds is 6. The number of hydrogen-bond donors (Lipinski definition) is 2. The van der Waals surface area contributed by atoms with E-state index in [0.717, 1.165) is 23.4 Å². The zero-order valence-electron chi connectivity index (χ0n) is 18.5. The second kappa shape index (κ2) is 8.66. The second-order valence-corrected chi connectivity index (χ2v) is 8.56. The maximum absolute atomic E-state index is 13.0. The Balaban J connectivity index is 1.44. The standard InChI is InChI=1S/C23H27N5O4/c1-14-8-15(2)20(25-10-14)26-17-6-7-28(12-17)21(30)16-4-5-18(24-11-16)23(13-32-3)9-19(29)27-22(23)31/h4-5,8,10-11,17H,6-7,9,12-13H2,1-3H3,(H,25,26)(H,27,29,31). The second-order valence-electron chi connectivity index (χ2n) is 8.56. The summed E-state index contributed by atoms with van der Waals surface area (Å²) in [5.41, 5.74) is 1.89. The van der Waals surface area contributed by atoms with Gasteiger partial charge in [-0.3, -0.25) is 24.7 Å². The Morgan fingerprint density at radius 3 is 2.72 bits per heavy atom. The van der Waals surface area contributed by atoms with Crippen molar-refractivity contribution in [2.75, 3.05) is 32.1 Å². The molecule has 0 saturated carbocycles. The predicted octanol–water partition coefficient (Wildman–Crippen LogP) is 1.35. The summed E-state index contributed by atoms with van der Waals surface area (Å²) in [4.78, 5) is 47.8. The zero-order valence-corrected chi connectivity index (χ0v) is 18.5. The Morgan fingerprint density at radius 1 is 1.28 bits per heavy atom. The van der Waals surface area contributed by atoms with Crippen LogP contribution >= 0.6 is 0 Å². The highest BCUT2D eigenvalue weighted by Crippen LogP contribution is 2.32. The van der Waals surface area contributed by atoms with Gasteiger partial charge in [-0.25, -0.2) is 4.98 Å². The topological polar surface area (TPSA) is 114 Å². The Hall–Kier alpha value is -3.33. The molecule has 2 aromatic rings. The number of carbonyl (C=O) groups is 3. The molecule has 3 amide bonds. The minimum Gasteiger partial charge on any atom is -0.383 e. The molecule has 2 saturated heterocycles. The normalized spacial score (nSPS) is 22.8. The highest BCUT2D eigenvalue weighted by molar-refractivity contribution is 6.09. The number of nitrogens with zero attached hydrogens (tertiary/aromatic N) is 3. The molecule has 9 heteroatoms. The maximum atomic E-state index is 13.0. The summed E-state index contributed by atoms with van der Waals surface area (Å²) >= 11 is 0. The van der Waals surface area contributed by atoms with Crippen LogP contribution in [0.5, 0.6) is 0 Å². The number of pyridine rings is 2. The monoisotopic (exact) mass is 437 g/mol. The summed E-state index contributed by atoms with van der Waals surface area (Å²) in [5.74, 6) is -0.0595. The molecule has 0 radical (unpaired) electrons. The highest BCUT2D eigenvalue weighted by Gasteiger charge is 2.49. The van der Waals surface area contributed by atoms with Crippen LogP contribution in [-0.4, -0.2) is 65.4 Å². The van der Waals surface area contributed by atoms with E-state index < -0.39 is 11.3 Å². The van der Waals surface area contributed by atoms with Crippen LogP contribution in [0.4, 0.5) is 5.82 Å². The fourth-order valence-electron chi connectivity index (χ4n) is 4.40. The molecule has 2 fully saturated rings. The molecule has 0 aromatic carbocycles. The van der Waals surface area contributed by atoms with Crippen LogP contribution in [0, 0.1) is 13.8 Å². The van der Waals surface area contributed by atoms with E-state index in [4.69, 9.17) is 4.74 Å². The summed E-state index contributed by atoms with van der Waals surface area (Å²) in [6.45, 7) is 5.26. The zero-order chi connectivity index (χ0) is 22.9. The van der Waals surface area contributed by atoms with Gasteiger partial charge in [0.2, 0.25) is 11.8 Å². The van der Waals surface area contributed by atoms with Gasteiger partial charge in [0.15, 0.2) is 0 Å². The molecule has 2 aliphatic heterocycles. The summed E-state index contributed by atoms with van der Waals surface area (Å²) in [5, 5.41) is 5.76. The highest BCUT2D eigenvalue weighted by atomic mass is 16.5. The lowest BCUT2D eigenvalue weighted by Crippen LogP contribution is -2.40. The molecule has 168 valence electrons. The van der Waals surface area contributed by atoms with Crippen LogP contribution in [-0.2, 0) is 19.7 Å². The molecular formula is C23H27N5O4. The molecule has 0 spiro atoms. The van der Waals surface area contributed by atoms with E-state index in [0.29, 0.717) is 24.3 Å². The molecule has 0 bridgehead atoms. The molecular weight excluding hydrogens is 410 g/mol. The third-order valence-electron chi connectivity index (χ3n) is 6.07. The van der Waals surface area contributed by atoms with Gasteiger partial charge in [-0.2, -0.15) is 0 Å². The van der Waals surface area contributed by atoms with Crippen LogP contribution in [0.3, 0.4) is 0 Å². The first-order valence-electron chi connectivity index (χ1n) is 10.6. The average Bonchev–Trinajstić information content (AvgIpc) is 3.34. The van der Waals surface area contributed by atoms with E-state index in [1.165, 1.54) is 13.3 Å². The van der Waals surface area contributed by atoms with Gasteiger partial charge in [0.25, 0.3) is 5.91 Å². The van der Waals surface area contributed by atoms with Gasteiger partial charge >= 0.3 is 0 Å². The first-order valence-corrected chi connectivity index (χ1v) is 10.6. The van der Waals surface area contributed by atoms with Crippen molar-refractivity contribution in [1.29, 1.82) is 0 Å². The number of anilines is 1. The van der Waals surface area contributed by atoms with Crippen molar-refractivity contribution in [2.24, 2.45) is 0 Å². The first-order chi connectivity index (χ1) is 15.3. The van der Waals surface area contributed by atoms with Gasteiger partial charge in [0, 0.05) is 45.1 Å². The third-order valence-corrected chi connectivity index (χ3v) is 6.07. The van der Waals surface area contributed by atoms with Crippen molar-refractivity contribution in [3.8, 4) is 0 Å². The molecule has 2 aliphatic rings. The molecule has 0 aliphatic carbocycles. The summed E-state index contributed by atoms with van der Waals surface area (Å²) in [6, 6.07) is 5.49. The molecule has 9 nitrogen and oxygen atoms in total. The van der Waals surface area contributed by atoms with E-state index in [9.17, 15) is 14.4 Å². The van der Waals surface area contributed by atoms with Crippen molar-refractivity contribution in [1.82, 2.24) is 20.2 Å². The molecule has 2 N–H and O–H groups in total. The van der Waals surface area contributed by atoms with Crippen molar-refractivity contribution in [3.05, 3.63) is 53.0 Å². The van der Waals surface area contributed by atoms with Crippen molar-refractivity contribution in [2.45, 2.75) is 38.1 Å². The Labute approximate surface area is 186 Å². The Bertz CT molecular complexity index is 1050. The average molecular weight is 438 g/mol. The quantitative estimate of drug-likeness (QED) is 0.656. The molecule has 32 heavy (non-hydrogen) atoms. The van der Waals surface area contributed by atoms with Gasteiger partial charge in [0.1, 0.15) is 11.2 Å². The largest absolute Gasteiger partial charge is 0.383 e. The SMILES string of the molecule is COCC1(c2ccc(C(=O)N3CCC(Nc4ncc(C)cc4C)C3)cn2)CC(=O)NC1=O. The number of hydrogen-bond acceptors (Lipinski definition) is 7. The van der Waals surface area contributed by atoms with Crippen LogP contribution < -0.4 is 10.6 Å². The maximum Gasteiger partial charge on any atom is 0.255 e. The molecule has 2 aromatic heterocycles. The van der Waals surface area contributed by atoms with E-state index in [-0.39, 0.29) is 30.9 Å². The van der Waals surface area contributed by atoms with Crippen LogP contribution in [0.1, 0.15) is 40.0 Å². The molecule has 4 rings (SSSR count). The number of aromatic nitrogens is 2. The smallest absolute Gasteiger partial charge is 0.255 e. The van der Waals surface area contributed by atoms with E-state index in [1.54, 1.807) is 17.0 Å². The number of carbonyl (C=O) groups excluding carboxylic acids is 3. The molecule has 4 heterocycles. The van der Waals surface area contributed by atoms with E-state index in [1.807, 2.05) is 20.0 Å². The van der Waals surface area contributed by atoms with Gasteiger partial charge in [-0.15, -0.1) is 0 Å². The number of amides is 3. The summed E-state index contributed by atoms with van der Waals surface area (Å²) < 4.78 is 5.20. The van der Waals surface area contributed by atoms with Gasteiger partial charge in [0.05, 0.1) is 17.9 Å². The lowest BCUT2D eigenvalue weighted by atomic mass is 9.83. The van der Waals surface area contributed by atoms with E-state index >= 15 is 0 Å². The van der Waals surface area contributed by atoms with Crippen LogP contribution in [0.2, 0.25) is 0 Å². The Kier molecular flexibility index (Phi) is 5.92. The van der Waals surface area contributed by atoms with Gasteiger partial charge in [-0.05, 0) is 43.5 Å². The molecule has 2 atom stereocenters. The molecule has 2 unspecified atom stereocenters. The lowest BCUT2D eigenvalue weighted by Gasteiger charge is -2.24. The third kappa shape index (κ3) is 4.08.